The molecule has 0 aliphatic carbocycles. The van der Waals surface area contributed by atoms with Crippen molar-refractivity contribution in [2.24, 2.45) is 0 Å². The van der Waals surface area contributed by atoms with Crippen molar-refractivity contribution in [3.8, 4) is 0 Å². The molecule has 1 N–H and O–H groups in total. The highest BCUT2D eigenvalue weighted by atomic mass is 32.2. The van der Waals surface area contributed by atoms with Crippen molar-refractivity contribution in [1.82, 2.24) is 14.2 Å². The first-order valence-corrected chi connectivity index (χ1v) is 9.79. The number of carbonyl (C=O) groups is 1. The summed E-state index contributed by atoms with van der Waals surface area (Å²) in [6.07, 6.45) is 3.93. The lowest BCUT2D eigenvalue weighted by Crippen LogP contribution is -2.50. The van der Waals surface area contributed by atoms with Gasteiger partial charge >= 0.3 is 0 Å². The number of benzene rings is 1. The van der Waals surface area contributed by atoms with E-state index in [2.05, 4.69) is 4.98 Å². The lowest BCUT2D eigenvalue weighted by Gasteiger charge is -2.34. The first kappa shape index (κ1) is 17.7. The third kappa shape index (κ3) is 3.77. The van der Waals surface area contributed by atoms with Crippen LogP contribution in [-0.2, 0) is 21.2 Å². The minimum absolute atomic E-state index is 0.0309. The van der Waals surface area contributed by atoms with Crippen LogP contribution in [0.15, 0.2) is 41.6 Å². The Kier molecular flexibility index (Phi) is 4.96. The molecule has 1 fully saturated rings. The molecule has 0 saturated carbocycles. The second-order valence-electron chi connectivity index (χ2n) is 6.45. The minimum atomic E-state index is -3.52. The Hall–Kier alpha value is -2.12. The molecule has 2 heterocycles. The summed E-state index contributed by atoms with van der Waals surface area (Å²) >= 11 is 0. The van der Waals surface area contributed by atoms with Gasteiger partial charge in [0.2, 0.25) is 15.9 Å². The van der Waals surface area contributed by atoms with E-state index in [0.29, 0.717) is 37.5 Å². The molecule has 1 amide bonds. The van der Waals surface area contributed by atoms with E-state index in [1.807, 2.05) is 32.0 Å². The summed E-state index contributed by atoms with van der Waals surface area (Å²) in [6.45, 7) is 5.20. The summed E-state index contributed by atoms with van der Waals surface area (Å²) in [6, 6.07) is 7.33. The Labute approximate surface area is 148 Å². The number of aromatic amines is 1. The van der Waals surface area contributed by atoms with E-state index in [9.17, 15) is 13.2 Å². The van der Waals surface area contributed by atoms with E-state index >= 15 is 0 Å². The number of sulfonamides is 1. The Morgan fingerprint density at radius 2 is 1.84 bits per heavy atom. The number of nitrogens with one attached hydrogen (secondary N) is 1. The number of rotatable bonds is 4. The zero-order valence-corrected chi connectivity index (χ0v) is 15.3. The van der Waals surface area contributed by atoms with Crippen molar-refractivity contribution in [2.75, 3.05) is 26.2 Å². The summed E-state index contributed by atoms with van der Waals surface area (Å²) in [5, 5.41) is 0. The molecule has 6 nitrogen and oxygen atoms in total. The number of H-pyrrole nitrogens is 1. The zero-order chi connectivity index (χ0) is 18.0. The van der Waals surface area contributed by atoms with E-state index in [1.165, 1.54) is 4.31 Å². The predicted octanol–water partition coefficient (Wildman–Crippen LogP) is 1.71. The molecule has 0 unspecified atom stereocenters. The Balaban J connectivity index is 1.67. The Morgan fingerprint density at radius 1 is 1.12 bits per heavy atom. The molecule has 1 aliphatic rings. The quantitative estimate of drug-likeness (QED) is 0.901. The van der Waals surface area contributed by atoms with Crippen LogP contribution in [-0.4, -0.2) is 54.7 Å². The third-order valence-electron chi connectivity index (χ3n) is 4.57. The maximum atomic E-state index is 12.9. The van der Waals surface area contributed by atoms with Crippen LogP contribution < -0.4 is 0 Å². The van der Waals surface area contributed by atoms with Gasteiger partial charge in [-0.15, -0.1) is 0 Å². The number of aromatic nitrogens is 1. The highest BCUT2D eigenvalue weighted by Gasteiger charge is 2.31. The maximum absolute atomic E-state index is 12.9. The molecule has 25 heavy (non-hydrogen) atoms. The first-order valence-electron chi connectivity index (χ1n) is 8.35. The number of aryl methyl sites for hydroxylation is 2. The largest absolute Gasteiger partial charge is 0.367 e. The summed E-state index contributed by atoms with van der Waals surface area (Å²) in [5.74, 6) is 0.0309. The number of piperazine rings is 1. The van der Waals surface area contributed by atoms with E-state index in [0.717, 1.165) is 16.7 Å². The number of hydrogen-bond donors (Lipinski definition) is 1. The Morgan fingerprint density at radius 3 is 2.48 bits per heavy atom. The van der Waals surface area contributed by atoms with Gasteiger partial charge in [0.15, 0.2) is 0 Å². The van der Waals surface area contributed by atoms with Crippen LogP contribution in [0.2, 0.25) is 0 Å². The van der Waals surface area contributed by atoms with Crippen LogP contribution in [0, 0.1) is 13.8 Å². The minimum Gasteiger partial charge on any atom is -0.367 e. The second kappa shape index (κ2) is 7.01. The Bertz CT molecular complexity index is 852. The predicted molar refractivity (Wildman–Crippen MR) is 95.8 cm³/mol. The van der Waals surface area contributed by atoms with Crippen LogP contribution >= 0.6 is 0 Å². The van der Waals surface area contributed by atoms with Gasteiger partial charge in [-0.3, -0.25) is 4.79 Å². The molecular weight excluding hydrogens is 338 g/mol. The molecule has 3 rings (SSSR count). The van der Waals surface area contributed by atoms with Gasteiger partial charge in [0.1, 0.15) is 0 Å². The third-order valence-corrected chi connectivity index (χ3v) is 6.61. The standard InChI is InChI=1S/C18H23N3O3S/c1-14-3-4-15(2)17(11-14)25(23,24)21-9-7-20(8-10-21)18(22)12-16-5-6-19-13-16/h3-6,11,13,19H,7-10,12H2,1-2H3. The van der Waals surface area contributed by atoms with E-state index < -0.39 is 10.0 Å². The fourth-order valence-corrected chi connectivity index (χ4v) is 4.79. The highest BCUT2D eigenvalue weighted by molar-refractivity contribution is 7.89. The summed E-state index contributed by atoms with van der Waals surface area (Å²) in [4.78, 5) is 17.4. The summed E-state index contributed by atoms with van der Waals surface area (Å²) < 4.78 is 27.3. The van der Waals surface area contributed by atoms with Gasteiger partial charge in [-0.05, 0) is 42.7 Å². The lowest BCUT2D eigenvalue weighted by atomic mass is 10.2. The van der Waals surface area contributed by atoms with Crippen molar-refractivity contribution in [3.05, 3.63) is 53.3 Å². The molecule has 1 aromatic carbocycles. The van der Waals surface area contributed by atoms with Crippen LogP contribution in [0.5, 0.6) is 0 Å². The normalized spacial score (nSPS) is 16.2. The van der Waals surface area contributed by atoms with Gasteiger partial charge < -0.3 is 9.88 Å². The van der Waals surface area contributed by atoms with Gasteiger partial charge in [0.05, 0.1) is 11.3 Å². The number of nitrogens with zero attached hydrogens (tertiary/aromatic N) is 2. The molecule has 1 aliphatic heterocycles. The van der Waals surface area contributed by atoms with Gasteiger partial charge in [-0.2, -0.15) is 4.31 Å². The number of hydrogen-bond acceptors (Lipinski definition) is 3. The number of carbonyl (C=O) groups excluding carboxylic acids is 1. The van der Waals surface area contributed by atoms with E-state index in [4.69, 9.17) is 0 Å². The fraction of sp³-hybridized carbons (Fsp3) is 0.389. The SMILES string of the molecule is Cc1ccc(C)c(S(=O)(=O)N2CCN(C(=O)Cc3cc[nH]c3)CC2)c1. The van der Waals surface area contributed by atoms with E-state index in [1.54, 1.807) is 23.4 Å². The van der Waals surface area contributed by atoms with Crippen LogP contribution in [0.3, 0.4) is 0 Å². The average molecular weight is 361 g/mol. The molecule has 0 atom stereocenters. The monoisotopic (exact) mass is 361 g/mol. The maximum Gasteiger partial charge on any atom is 0.243 e. The van der Waals surface area contributed by atoms with Crippen molar-refractivity contribution in [2.45, 2.75) is 25.2 Å². The molecule has 1 saturated heterocycles. The zero-order valence-electron chi connectivity index (χ0n) is 14.5. The van der Waals surface area contributed by atoms with Gasteiger partial charge in [-0.25, -0.2) is 8.42 Å². The molecule has 0 bridgehead atoms. The van der Waals surface area contributed by atoms with Gasteiger partial charge in [0, 0.05) is 38.6 Å². The van der Waals surface area contributed by atoms with Gasteiger partial charge in [0.25, 0.3) is 0 Å². The van der Waals surface area contributed by atoms with Crippen molar-refractivity contribution in [3.63, 3.8) is 0 Å². The topological polar surface area (TPSA) is 73.5 Å². The smallest absolute Gasteiger partial charge is 0.243 e. The molecule has 134 valence electrons. The average Bonchev–Trinajstić information content (AvgIpc) is 3.10. The molecule has 0 spiro atoms. The van der Waals surface area contributed by atoms with Crippen molar-refractivity contribution < 1.29 is 13.2 Å². The lowest BCUT2D eigenvalue weighted by molar-refractivity contribution is -0.131. The molecule has 1 aromatic heterocycles. The van der Waals surface area contributed by atoms with Crippen LogP contribution in [0.1, 0.15) is 16.7 Å². The van der Waals surface area contributed by atoms with Crippen molar-refractivity contribution in [1.29, 1.82) is 0 Å². The molecule has 7 heteroatoms. The highest BCUT2D eigenvalue weighted by Crippen LogP contribution is 2.22. The molecular formula is C18H23N3O3S. The van der Waals surface area contributed by atoms with E-state index in [-0.39, 0.29) is 5.91 Å². The number of amides is 1. The van der Waals surface area contributed by atoms with Crippen LogP contribution in [0.25, 0.3) is 0 Å². The molecule has 2 aromatic rings. The fourth-order valence-electron chi connectivity index (χ4n) is 3.06. The molecule has 0 radical (unpaired) electrons. The first-order chi connectivity index (χ1) is 11.9. The van der Waals surface area contributed by atoms with Crippen LogP contribution in [0.4, 0.5) is 0 Å². The summed E-state index contributed by atoms with van der Waals surface area (Å²) in [5.41, 5.74) is 2.61. The van der Waals surface area contributed by atoms with Gasteiger partial charge in [-0.1, -0.05) is 12.1 Å². The van der Waals surface area contributed by atoms with Crippen molar-refractivity contribution >= 4 is 15.9 Å². The summed E-state index contributed by atoms with van der Waals surface area (Å²) in [7, 11) is -3.52. The second-order valence-corrected chi connectivity index (χ2v) is 8.36.